The van der Waals surface area contributed by atoms with Gasteiger partial charge in [-0.15, -0.1) is 0 Å². The van der Waals surface area contributed by atoms with E-state index < -0.39 is 0 Å². The molecule has 0 fully saturated rings. The molecular formula is C16H16BrNO2. The van der Waals surface area contributed by atoms with Crippen molar-refractivity contribution in [3.05, 3.63) is 64.4 Å². The van der Waals surface area contributed by atoms with Crippen LogP contribution in [0.3, 0.4) is 0 Å². The molecule has 104 valence electrons. The van der Waals surface area contributed by atoms with Crippen molar-refractivity contribution in [3.63, 3.8) is 0 Å². The second-order valence-corrected chi connectivity index (χ2v) is 5.34. The molecule has 2 rings (SSSR count). The lowest BCUT2D eigenvalue weighted by molar-refractivity contribution is -0.144. The Morgan fingerprint density at radius 2 is 2.20 bits per heavy atom. The number of carbonyl (C=O) groups excluding carboxylic acids is 1. The number of halogens is 1. The van der Waals surface area contributed by atoms with Crippen LogP contribution in [0.4, 0.5) is 0 Å². The highest BCUT2D eigenvalue weighted by Crippen LogP contribution is 2.23. The number of hydrogen-bond donors (Lipinski definition) is 0. The van der Waals surface area contributed by atoms with E-state index in [0.717, 1.165) is 15.6 Å². The van der Waals surface area contributed by atoms with E-state index in [1.165, 1.54) is 0 Å². The molecule has 0 radical (unpaired) electrons. The van der Waals surface area contributed by atoms with E-state index in [9.17, 15) is 4.79 Å². The van der Waals surface area contributed by atoms with Crippen LogP contribution in [0.15, 0.2) is 53.3 Å². The molecule has 1 aromatic heterocycles. The monoisotopic (exact) mass is 333 g/mol. The minimum absolute atomic E-state index is 0.208. The van der Waals surface area contributed by atoms with Crippen molar-refractivity contribution < 1.29 is 9.53 Å². The Balaban J connectivity index is 2.25. The van der Waals surface area contributed by atoms with Gasteiger partial charge in [-0.2, -0.15) is 0 Å². The van der Waals surface area contributed by atoms with E-state index in [2.05, 4.69) is 20.9 Å². The third-order valence-electron chi connectivity index (χ3n) is 2.99. The lowest BCUT2D eigenvalue weighted by Crippen LogP contribution is -2.18. The average molecular weight is 334 g/mol. The van der Waals surface area contributed by atoms with Crippen molar-refractivity contribution in [1.29, 1.82) is 0 Å². The Bertz CT molecular complexity index is 572. The first-order valence-corrected chi connectivity index (χ1v) is 7.31. The number of esters is 1. The molecule has 1 atom stereocenters. The first-order chi connectivity index (χ1) is 9.70. The van der Waals surface area contributed by atoms with Crippen LogP contribution in [-0.2, 0) is 16.0 Å². The van der Waals surface area contributed by atoms with E-state index in [0.29, 0.717) is 13.0 Å². The first-order valence-electron chi connectivity index (χ1n) is 6.51. The summed E-state index contributed by atoms with van der Waals surface area (Å²) in [5.74, 6) is -0.529. The number of pyridine rings is 1. The van der Waals surface area contributed by atoms with Crippen LogP contribution >= 0.6 is 15.9 Å². The summed E-state index contributed by atoms with van der Waals surface area (Å²) in [4.78, 5) is 16.3. The maximum Gasteiger partial charge on any atom is 0.313 e. The van der Waals surface area contributed by atoms with Gasteiger partial charge < -0.3 is 4.74 Å². The molecule has 0 amide bonds. The largest absolute Gasteiger partial charge is 0.466 e. The predicted molar refractivity (Wildman–Crippen MR) is 81.5 cm³/mol. The summed E-state index contributed by atoms with van der Waals surface area (Å²) in [6.45, 7) is 2.20. The molecule has 3 nitrogen and oxygen atoms in total. The molecule has 1 aromatic carbocycles. The fourth-order valence-corrected chi connectivity index (χ4v) is 2.51. The minimum atomic E-state index is -0.321. The van der Waals surface area contributed by atoms with Gasteiger partial charge in [0, 0.05) is 16.9 Å². The molecule has 20 heavy (non-hydrogen) atoms. The van der Waals surface area contributed by atoms with Gasteiger partial charge in [-0.25, -0.2) is 0 Å². The van der Waals surface area contributed by atoms with Crippen LogP contribution in [0.5, 0.6) is 0 Å². The molecular weight excluding hydrogens is 318 g/mol. The lowest BCUT2D eigenvalue weighted by atomic mass is 9.93. The van der Waals surface area contributed by atoms with Crippen LogP contribution in [0.25, 0.3) is 0 Å². The predicted octanol–water partition coefficient (Wildman–Crippen LogP) is 3.73. The maximum absolute atomic E-state index is 12.2. The normalized spacial score (nSPS) is 11.9. The smallest absolute Gasteiger partial charge is 0.313 e. The van der Waals surface area contributed by atoms with Gasteiger partial charge in [0.2, 0.25) is 0 Å². The highest BCUT2D eigenvalue weighted by atomic mass is 79.9. The molecule has 0 aliphatic heterocycles. The highest BCUT2D eigenvalue weighted by Gasteiger charge is 2.22. The van der Waals surface area contributed by atoms with Crippen molar-refractivity contribution in [3.8, 4) is 0 Å². The number of nitrogens with zero attached hydrogens (tertiary/aromatic N) is 1. The average Bonchev–Trinajstić information content (AvgIpc) is 2.46. The van der Waals surface area contributed by atoms with Gasteiger partial charge in [0.05, 0.1) is 12.5 Å². The van der Waals surface area contributed by atoms with E-state index in [1.54, 1.807) is 12.4 Å². The fraction of sp³-hybridized carbons (Fsp3) is 0.250. The second-order valence-electron chi connectivity index (χ2n) is 4.43. The van der Waals surface area contributed by atoms with Gasteiger partial charge in [-0.3, -0.25) is 9.78 Å². The van der Waals surface area contributed by atoms with Gasteiger partial charge in [-0.1, -0.05) is 34.1 Å². The summed E-state index contributed by atoms with van der Waals surface area (Å²) in [5.41, 5.74) is 1.97. The summed E-state index contributed by atoms with van der Waals surface area (Å²) in [5, 5.41) is 0. The quantitative estimate of drug-likeness (QED) is 0.782. The van der Waals surface area contributed by atoms with Crippen LogP contribution < -0.4 is 0 Å². The number of ether oxygens (including phenoxy) is 1. The minimum Gasteiger partial charge on any atom is -0.466 e. The molecule has 2 aromatic rings. The summed E-state index contributed by atoms with van der Waals surface area (Å²) in [6, 6.07) is 11.7. The molecule has 4 heteroatoms. The molecule has 0 aliphatic carbocycles. The molecule has 1 unspecified atom stereocenters. The molecule has 0 saturated carbocycles. The van der Waals surface area contributed by atoms with E-state index in [-0.39, 0.29) is 11.9 Å². The van der Waals surface area contributed by atoms with Crippen LogP contribution in [0, 0.1) is 0 Å². The molecule has 0 spiro atoms. The lowest BCUT2D eigenvalue weighted by Gasteiger charge is -2.16. The number of carbonyl (C=O) groups is 1. The molecule has 0 saturated heterocycles. The highest BCUT2D eigenvalue weighted by molar-refractivity contribution is 9.10. The molecule has 0 bridgehead atoms. The van der Waals surface area contributed by atoms with Gasteiger partial charge in [0.1, 0.15) is 0 Å². The van der Waals surface area contributed by atoms with Crippen LogP contribution in [-0.4, -0.2) is 17.6 Å². The summed E-state index contributed by atoms with van der Waals surface area (Å²) in [7, 11) is 0. The van der Waals surface area contributed by atoms with Crippen LogP contribution in [0.1, 0.15) is 24.0 Å². The summed E-state index contributed by atoms with van der Waals surface area (Å²) < 4.78 is 6.19. The van der Waals surface area contributed by atoms with Gasteiger partial charge in [-0.05, 0) is 42.7 Å². The Kier molecular flexibility index (Phi) is 5.30. The number of rotatable bonds is 5. The van der Waals surface area contributed by atoms with Crippen molar-refractivity contribution in [2.75, 3.05) is 6.61 Å². The molecule has 0 N–H and O–H groups in total. The molecule has 1 heterocycles. The Morgan fingerprint density at radius 3 is 2.85 bits per heavy atom. The van der Waals surface area contributed by atoms with Crippen molar-refractivity contribution in [2.24, 2.45) is 0 Å². The number of benzene rings is 1. The van der Waals surface area contributed by atoms with Gasteiger partial charge in [0.25, 0.3) is 0 Å². The fourth-order valence-electron chi connectivity index (χ4n) is 2.06. The third kappa shape index (κ3) is 3.90. The molecule has 0 aliphatic rings. The second kappa shape index (κ2) is 7.20. The standard InChI is InChI=1S/C16H16BrNO2/c1-2-20-16(19)15(13-6-4-8-18-11-13)10-12-5-3-7-14(17)9-12/h3-9,11,15H,2,10H2,1H3. The zero-order valence-electron chi connectivity index (χ0n) is 11.3. The van der Waals surface area contributed by atoms with Crippen molar-refractivity contribution >= 4 is 21.9 Å². The van der Waals surface area contributed by atoms with E-state index in [4.69, 9.17) is 4.74 Å². The van der Waals surface area contributed by atoms with Gasteiger partial charge >= 0.3 is 5.97 Å². The van der Waals surface area contributed by atoms with Crippen molar-refractivity contribution in [1.82, 2.24) is 4.98 Å². The maximum atomic E-state index is 12.2. The Morgan fingerprint density at radius 1 is 1.35 bits per heavy atom. The SMILES string of the molecule is CCOC(=O)C(Cc1cccc(Br)c1)c1cccnc1. The Hall–Kier alpha value is -1.68. The first kappa shape index (κ1) is 14.7. The van der Waals surface area contributed by atoms with Crippen molar-refractivity contribution in [2.45, 2.75) is 19.3 Å². The number of aromatic nitrogens is 1. The topological polar surface area (TPSA) is 39.2 Å². The zero-order chi connectivity index (χ0) is 14.4. The van der Waals surface area contributed by atoms with Crippen LogP contribution in [0.2, 0.25) is 0 Å². The Labute approximate surface area is 127 Å². The zero-order valence-corrected chi connectivity index (χ0v) is 12.8. The van der Waals surface area contributed by atoms with E-state index >= 15 is 0 Å². The summed E-state index contributed by atoms with van der Waals surface area (Å²) >= 11 is 3.45. The third-order valence-corrected chi connectivity index (χ3v) is 3.48. The van der Waals surface area contributed by atoms with E-state index in [1.807, 2.05) is 43.3 Å². The van der Waals surface area contributed by atoms with Gasteiger partial charge in [0.15, 0.2) is 0 Å². The number of hydrogen-bond acceptors (Lipinski definition) is 3. The summed E-state index contributed by atoms with van der Waals surface area (Å²) in [6.07, 6.45) is 4.02.